The third kappa shape index (κ3) is 4.41. The molecule has 0 amide bonds. The van der Waals surface area contributed by atoms with Gasteiger partial charge in [0.05, 0.1) is 0 Å². The molecule has 4 nitrogen and oxygen atoms in total. The molecule has 18 heavy (non-hydrogen) atoms. The molecule has 1 saturated carbocycles. The van der Waals surface area contributed by atoms with Gasteiger partial charge in [-0.1, -0.05) is 26.2 Å². The highest BCUT2D eigenvalue weighted by Gasteiger charge is 2.17. The molecule has 1 aromatic heterocycles. The van der Waals surface area contributed by atoms with Gasteiger partial charge in [-0.05, 0) is 38.3 Å². The van der Waals surface area contributed by atoms with Gasteiger partial charge in [0.2, 0.25) is 11.8 Å². The summed E-state index contributed by atoms with van der Waals surface area (Å²) in [5.41, 5.74) is 0. The van der Waals surface area contributed by atoms with Gasteiger partial charge in [0.1, 0.15) is 0 Å². The fourth-order valence-corrected chi connectivity index (χ4v) is 2.65. The number of rotatable bonds is 7. The van der Waals surface area contributed by atoms with Gasteiger partial charge in [-0.25, -0.2) is 0 Å². The van der Waals surface area contributed by atoms with Gasteiger partial charge in [-0.2, -0.15) is 0 Å². The fraction of sp³-hybridized carbons (Fsp3) is 0.857. The Balaban J connectivity index is 1.71. The molecule has 0 spiro atoms. The predicted octanol–water partition coefficient (Wildman–Crippen LogP) is 2.73. The highest BCUT2D eigenvalue weighted by Crippen LogP contribution is 2.26. The molecule has 102 valence electrons. The summed E-state index contributed by atoms with van der Waals surface area (Å²) in [4.78, 5) is 0. The van der Waals surface area contributed by atoms with Crippen LogP contribution in [0.1, 0.15) is 57.2 Å². The lowest BCUT2D eigenvalue weighted by Crippen LogP contribution is -2.14. The van der Waals surface area contributed by atoms with E-state index in [1.54, 1.807) is 0 Å². The van der Waals surface area contributed by atoms with Crippen LogP contribution in [-0.4, -0.2) is 23.3 Å². The molecule has 1 N–H and O–H groups in total. The van der Waals surface area contributed by atoms with E-state index >= 15 is 0 Å². The van der Waals surface area contributed by atoms with Crippen molar-refractivity contribution in [2.24, 2.45) is 5.92 Å². The van der Waals surface area contributed by atoms with Gasteiger partial charge in [0, 0.05) is 12.8 Å². The largest absolute Gasteiger partial charge is 0.425 e. The molecule has 0 aromatic carbocycles. The van der Waals surface area contributed by atoms with Crippen molar-refractivity contribution < 1.29 is 4.42 Å². The minimum atomic E-state index is 0.772. The maximum Gasteiger partial charge on any atom is 0.216 e. The molecular weight excluding hydrogens is 226 g/mol. The molecule has 1 aromatic rings. The van der Waals surface area contributed by atoms with Gasteiger partial charge >= 0.3 is 0 Å². The lowest BCUT2D eigenvalue weighted by atomic mass is 9.87. The molecule has 0 saturated heterocycles. The first-order valence-electron chi connectivity index (χ1n) is 7.40. The zero-order valence-electron chi connectivity index (χ0n) is 11.5. The van der Waals surface area contributed by atoms with E-state index in [0.29, 0.717) is 0 Å². The second kappa shape index (κ2) is 7.52. The average Bonchev–Trinajstić information content (AvgIpc) is 2.84. The van der Waals surface area contributed by atoms with Crippen LogP contribution in [0.3, 0.4) is 0 Å². The monoisotopic (exact) mass is 251 g/mol. The van der Waals surface area contributed by atoms with Crippen molar-refractivity contribution in [2.45, 2.75) is 58.3 Å². The molecule has 0 bridgehead atoms. The number of hydrogen-bond acceptors (Lipinski definition) is 4. The minimum absolute atomic E-state index is 0.772. The van der Waals surface area contributed by atoms with Crippen LogP contribution in [0, 0.1) is 5.92 Å². The molecule has 1 fully saturated rings. The van der Waals surface area contributed by atoms with Crippen LogP contribution in [-0.2, 0) is 12.8 Å². The van der Waals surface area contributed by atoms with Crippen molar-refractivity contribution in [1.82, 2.24) is 15.5 Å². The van der Waals surface area contributed by atoms with Crippen LogP contribution in [0.4, 0.5) is 0 Å². The van der Waals surface area contributed by atoms with E-state index in [0.717, 1.165) is 50.1 Å². The zero-order chi connectivity index (χ0) is 12.6. The summed E-state index contributed by atoms with van der Waals surface area (Å²) in [6.45, 7) is 4.17. The van der Waals surface area contributed by atoms with Crippen molar-refractivity contribution >= 4 is 0 Å². The smallest absolute Gasteiger partial charge is 0.216 e. The van der Waals surface area contributed by atoms with Crippen LogP contribution in [0.25, 0.3) is 0 Å². The van der Waals surface area contributed by atoms with Gasteiger partial charge in [-0.15, -0.1) is 10.2 Å². The fourth-order valence-electron chi connectivity index (χ4n) is 2.65. The second-order valence-corrected chi connectivity index (χ2v) is 5.25. The number of nitrogens with zero attached hydrogens (tertiary/aromatic N) is 2. The molecule has 0 atom stereocenters. The van der Waals surface area contributed by atoms with Crippen LogP contribution in [0.5, 0.6) is 0 Å². The maximum atomic E-state index is 5.72. The number of aromatic nitrogens is 2. The summed E-state index contributed by atoms with van der Waals surface area (Å²) in [6, 6.07) is 0. The Morgan fingerprint density at radius 2 is 1.94 bits per heavy atom. The third-order valence-corrected chi connectivity index (χ3v) is 3.69. The topological polar surface area (TPSA) is 51.0 Å². The Bertz CT molecular complexity index is 332. The summed E-state index contributed by atoms with van der Waals surface area (Å²) in [6.07, 6.45) is 9.75. The minimum Gasteiger partial charge on any atom is -0.425 e. The lowest BCUT2D eigenvalue weighted by Gasteiger charge is -2.19. The van der Waals surface area contributed by atoms with Crippen molar-refractivity contribution in [3.63, 3.8) is 0 Å². The Kier molecular flexibility index (Phi) is 5.65. The van der Waals surface area contributed by atoms with Crippen molar-refractivity contribution in [3.05, 3.63) is 11.8 Å². The van der Waals surface area contributed by atoms with Crippen LogP contribution in [0.15, 0.2) is 4.42 Å². The molecule has 0 unspecified atom stereocenters. The molecule has 4 heteroatoms. The maximum absolute atomic E-state index is 5.72. The number of aryl methyl sites for hydroxylation is 1. The molecule has 2 rings (SSSR count). The van der Waals surface area contributed by atoms with E-state index < -0.39 is 0 Å². The first-order valence-corrected chi connectivity index (χ1v) is 7.40. The standard InChI is InChI=1S/C14H25N3O/c1-2-15-10-6-9-13-16-17-14(18-13)11-12-7-4-3-5-8-12/h12,15H,2-11H2,1H3. The highest BCUT2D eigenvalue weighted by atomic mass is 16.4. The van der Waals surface area contributed by atoms with E-state index in [4.69, 9.17) is 4.42 Å². The first-order chi connectivity index (χ1) is 8.88. The summed E-state index contributed by atoms with van der Waals surface area (Å²) in [5.74, 6) is 2.42. The molecule has 0 radical (unpaired) electrons. The van der Waals surface area contributed by atoms with Crippen molar-refractivity contribution in [3.8, 4) is 0 Å². The van der Waals surface area contributed by atoms with Gasteiger partial charge in [-0.3, -0.25) is 0 Å². The van der Waals surface area contributed by atoms with Crippen molar-refractivity contribution in [2.75, 3.05) is 13.1 Å². The normalized spacial score (nSPS) is 17.2. The summed E-state index contributed by atoms with van der Waals surface area (Å²) in [7, 11) is 0. The second-order valence-electron chi connectivity index (χ2n) is 5.25. The zero-order valence-corrected chi connectivity index (χ0v) is 11.5. The quantitative estimate of drug-likeness (QED) is 0.757. The number of nitrogens with one attached hydrogen (secondary N) is 1. The third-order valence-electron chi connectivity index (χ3n) is 3.69. The van der Waals surface area contributed by atoms with Crippen LogP contribution < -0.4 is 5.32 Å². The van der Waals surface area contributed by atoms with Gasteiger partial charge < -0.3 is 9.73 Å². The molecule has 1 aliphatic carbocycles. The summed E-state index contributed by atoms with van der Waals surface area (Å²) < 4.78 is 5.72. The van der Waals surface area contributed by atoms with Crippen molar-refractivity contribution in [1.29, 1.82) is 0 Å². The Morgan fingerprint density at radius 1 is 1.17 bits per heavy atom. The average molecular weight is 251 g/mol. The van der Waals surface area contributed by atoms with E-state index in [1.165, 1.54) is 32.1 Å². The van der Waals surface area contributed by atoms with E-state index in [9.17, 15) is 0 Å². The molecule has 1 heterocycles. The lowest BCUT2D eigenvalue weighted by molar-refractivity contribution is 0.324. The first kappa shape index (κ1) is 13.5. The number of hydrogen-bond donors (Lipinski definition) is 1. The highest BCUT2D eigenvalue weighted by molar-refractivity contribution is 4.85. The van der Waals surface area contributed by atoms with E-state index in [-0.39, 0.29) is 0 Å². The van der Waals surface area contributed by atoms with Crippen LogP contribution >= 0.6 is 0 Å². The summed E-state index contributed by atoms with van der Waals surface area (Å²) in [5, 5.41) is 11.6. The predicted molar refractivity (Wildman–Crippen MR) is 71.4 cm³/mol. The molecule has 1 aliphatic rings. The summed E-state index contributed by atoms with van der Waals surface area (Å²) >= 11 is 0. The van der Waals surface area contributed by atoms with Gasteiger partial charge in [0.25, 0.3) is 0 Å². The van der Waals surface area contributed by atoms with Crippen LogP contribution in [0.2, 0.25) is 0 Å². The molecular formula is C14H25N3O. The SMILES string of the molecule is CCNCCCc1nnc(CC2CCCCC2)o1. The molecule has 0 aliphatic heterocycles. The van der Waals surface area contributed by atoms with E-state index in [1.807, 2.05) is 0 Å². The van der Waals surface area contributed by atoms with Gasteiger partial charge in [0.15, 0.2) is 0 Å². The van der Waals surface area contributed by atoms with E-state index in [2.05, 4.69) is 22.4 Å². The Morgan fingerprint density at radius 3 is 2.72 bits per heavy atom. The Hall–Kier alpha value is -0.900. The Labute approximate surface area is 110 Å².